The predicted molar refractivity (Wildman–Crippen MR) is 78.6 cm³/mol. The van der Waals surface area contributed by atoms with Crippen LogP contribution in [0.15, 0.2) is 27.2 Å². The van der Waals surface area contributed by atoms with Gasteiger partial charge < -0.3 is 14.6 Å². The predicted octanol–water partition coefficient (Wildman–Crippen LogP) is 3.32. The van der Waals surface area contributed by atoms with Crippen LogP contribution in [0, 0.1) is 0 Å². The molecule has 0 radical (unpaired) electrons. The lowest BCUT2D eigenvalue weighted by atomic mass is 10.0. The Morgan fingerprint density at radius 2 is 2.30 bits per heavy atom. The summed E-state index contributed by atoms with van der Waals surface area (Å²) in [5, 5.41) is 7.52. The number of methoxy groups -OCH3 is 1. The van der Waals surface area contributed by atoms with Gasteiger partial charge in [-0.2, -0.15) is 4.98 Å². The molecule has 20 heavy (non-hydrogen) atoms. The molecule has 1 fully saturated rings. The van der Waals surface area contributed by atoms with E-state index in [4.69, 9.17) is 9.26 Å². The Morgan fingerprint density at radius 3 is 3.05 bits per heavy atom. The van der Waals surface area contributed by atoms with Crippen LogP contribution >= 0.6 is 15.9 Å². The number of rotatable bonds is 3. The van der Waals surface area contributed by atoms with E-state index < -0.39 is 0 Å². The van der Waals surface area contributed by atoms with Crippen molar-refractivity contribution >= 4 is 15.9 Å². The first-order valence-corrected chi connectivity index (χ1v) is 7.48. The number of piperidine rings is 1. The minimum Gasteiger partial charge on any atom is -0.497 e. The molecule has 106 valence electrons. The highest BCUT2D eigenvalue weighted by Crippen LogP contribution is 2.31. The van der Waals surface area contributed by atoms with Gasteiger partial charge in [0.05, 0.1) is 18.7 Å². The maximum Gasteiger partial charge on any atom is 0.259 e. The zero-order chi connectivity index (χ0) is 13.9. The van der Waals surface area contributed by atoms with Gasteiger partial charge in [-0.1, -0.05) is 11.6 Å². The Hall–Kier alpha value is -1.40. The second-order valence-electron chi connectivity index (χ2n) is 4.81. The summed E-state index contributed by atoms with van der Waals surface area (Å²) in [6.45, 7) is 1.01. The number of aromatic nitrogens is 2. The van der Waals surface area contributed by atoms with Crippen molar-refractivity contribution in [2.45, 2.75) is 25.3 Å². The molecule has 5 nitrogen and oxygen atoms in total. The van der Waals surface area contributed by atoms with Crippen molar-refractivity contribution in [1.29, 1.82) is 0 Å². The molecule has 1 saturated heterocycles. The normalized spacial score (nSPS) is 19.0. The molecule has 2 heterocycles. The molecule has 1 aliphatic heterocycles. The largest absolute Gasteiger partial charge is 0.497 e. The van der Waals surface area contributed by atoms with E-state index in [9.17, 15) is 0 Å². The van der Waals surface area contributed by atoms with Gasteiger partial charge in [-0.05, 0) is 53.5 Å². The Balaban J connectivity index is 1.89. The average Bonchev–Trinajstić information content (AvgIpc) is 2.98. The van der Waals surface area contributed by atoms with E-state index in [1.54, 1.807) is 7.11 Å². The first-order chi connectivity index (χ1) is 9.78. The number of nitrogens with one attached hydrogen (secondary N) is 1. The summed E-state index contributed by atoms with van der Waals surface area (Å²) in [5.41, 5.74) is 0.846. The molecule has 1 atom stereocenters. The van der Waals surface area contributed by atoms with Gasteiger partial charge in [0, 0.05) is 4.47 Å². The molecule has 1 N–H and O–H groups in total. The van der Waals surface area contributed by atoms with Crippen molar-refractivity contribution in [3.63, 3.8) is 0 Å². The molecule has 1 aromatic carbocycles. The zero-order valence-corrected chi connectivity index (χ0v) is 12.8. The van der Waals surface area contributed by atoms with Crippen LogP contribution in [0.1, 0.15) is 31.1 Å². The van der Waals surface area contributed by atoms with E-state index in [1.165, 1.54) is 12.8 Å². The molecule has 2 aromatic rings. The highest BCUT2D eigenvalue weighted by molar-refractivity contribution is 9.10. The highest BCUT2D eigenvalue weighted by Gasteiger charge is 2.21. The van der Waals surface area contributed by atoms with Crippen molar-refractivity contribution < 1.29 is 9.26 Å². The molecule has 1 aliphatic rings. The Kier molecular flexibility index (Phi) is 4.03. The third kappa shape index (κ3) is 2.71. The molecule has 6 heteroatoms. The van der Waals surface area contributed by atoms with Crippen molar-refractivity contribution in [3.8, 4) is 17.2 Å². The van der Waals surface area contributed by atoms with Gasteiger partial charge in [-0.15, -0.1) is 0 Å². The Labute approximate surface area is 125 Å². The summed E-state index contributed by atoms with van der Waals surface area (Å²) >= 11 is 3.50. The van der Waals surface area contributed by atoms with Gasteiger partial charge in [0.15, 0.2) is 5.82 Å². The Bertz CT molecular complexity index is 594. The van der Waals surface area contributed by atoms with E-state index in [0.29, 0.717) is 5.89 Å². The lowest BCUT2D eigenvalue weighted by Gasteiger charge is -2.19. The van der Waals surface area contributed by atoms with Crippen molar-refractivity contribution in [1.82, 2.24) is 15.5 Å². The smallest absolute Gasteiger partial charge is 0.259 e. The number of benzene rings is 1. The summed E-state index contributed by atoms with van der Waals surface area (Å²) < 4.78 is 11.5. The lowest BCUT2D eigenvalue weighted by molar-refractivity contribution is 0.366. The SMILES string of the molecule is COc1ccc(Br)c(-c2nc(C3CCCCN3)no2)c1. The maximum absolute atomic E-state index is 5.40. The topological polar surface area (TPSA) is 60.2 Å². The van der Waals surface area contributed by atoms with E-state index in [0.717, 1.165) is 34.6 Å². The van der Waals surface area contributed by atoms with Gasteiger partial charge >= 0.3 is 0 Å². The van der Waals surface area contributed by atoms with Crippen molar-refractivity contribution in [2.24, 2.45) is 0 Å². The fraction of sp³-hybridized carbons (Fsp3) is 0.429. The van der Waals surface area contributed by atoms with Gasteiger partial charge in [-0.25, -0.2) is 0 Å². The van der Waals surface area contributed by atoms with E-state index in [2.05, 4.69) is 31.4 Å². The molecular weight excluding hydrogens is 322 g/mol. The van der Waals surface area contributed by atoms with Crippen LogP contribution in [0.4, 0.5) is 0 Å². The minimum atomic E-state index is 0.200. The molecular formula is C14H16BrN3O2. The zero-order valence-electron chi connectivity index (χ0n) is 11.2. The average molecular weight is 338 g/mol. The van der Waals surface area contributed by atoms with E-state index >= 15 is 0 Å². The lowest BCUT2D eigenvalue weighted by Crippen LogP contribution is -2.27. The van der Waals surface area contributed by atoms with Crippen LogP contribution in [0.5, 0.6) is 5.75 Å². The van der Waals surface area contributed by atoms with Crippen LogP contribution in [0.2, 0.25) is 0 Å². The van der Waals surface area contributed by atoms with Crippen molar-refractivity contribution in [2.75, 3.05) is 13.7 Å². The molecule has 1 unspecified atom stereocenters. The fourth-order valence-corrected chi connectivity index (χ4v) is 2.77. The number of halogens is 1. The van der Waals surface area contributed by atoms with Crippen LogP contribution in [0.25, 0.3) is 11.5 Å². The molecule has 1 aromatic heterocycles. The van der Waals surface area contributed by atoms with Crippen LogP contribution < -0.4 is 10.1 Å². The molecule has 0 bridgehead atoms. The molecule has 0 spiro atoms. The quantitative estimate of drug-likeness (QED) is 0.930. The minimum absolute atomic E-state index is 0.200. The summed E-state index contributed by atoms with van der Waals surface area (Å²) in [6.07, 6.45) is 3.46. The van der Waals surface area contributed by atoms with Crippen molar-refractivity contribution in [3.05, 3.63) is 28.5 Å². The third-order valence-electron chi connectivity index (χ3n) is 3.47. The summed E-state index contributed by atoms with van der Waals surface area (Å²) in [4.78, 5) is 4.51. The third-order valence-corrected chi connectivity index (χ3v) is 4.16. The maximum atomic E-state index is 5.40. The molecule has 3 rings (SSSR count). The van der Waals surface area contributed by atoms with Crippen LogP contribution in [-0.2, 0) is 0 Å². The van der Waals surface area contributed by atoms with Gasteiger partial charge in [-0.3, -0.25) is 0 Å². The first kappa shape index (κ1) is 13.6. The van der Waals surface area contributed by atoms with Gasteiger partial charge in [0.1, 0.15) is 5.75 Å². The molecule has 0 saturated carbocycles. The summed E-state index contributed by atoms with van der Waals surface area (Å²) in [7, 11) is 1.64. The molecule has 0 aliphatic carbocycles. The van der Waals surface area contributed by atoms with Crippen LogP contribution in [0.3, 0.4) is 0 Å². The number of hydrogen-bond acceptors (Lipinski definition) is 5. The standard InChI is InChI=1S/C14H16BrN3O2/c1-19-9-5-6-11(15)10(8-9)14-17-13(18-20-14)12-4-2-3-7-16-12/h5-6,8,12,16H,2-4,7H2,1H3. The second kappa shape index (κ2) is 5.93. The first-order valence-electron chi connectivity index (χ1n) is 6.69. The van der Waals surface area contributed by atoms with Gasteiger partial charge in [0.25, 0.3) is 5.89 Å². The number of nitrogens with zero attached hydrogens (tertiary/aromatic N) is 2. The van der Waals surface area contributed by atoms with Crippen LogP contribution in [-0.4, -0.2) is 23.8 Å². The van der Waals surface area contributed by atoms with E-state index in [-0.39, 0.29) is 6.04 Å². The Morgan fingerprint density at radius 1 is 1.40 bits per heavy atom. The van der Waals surface area contributed by atoms with Gasteiger partial charge in [0.2, 0.25) is 0 Å². The summed E-state index contributed by atoms with van der Waals surface area (Å²) in [5.74, 6) is 2.01. The number of ether oxygens (including phenoxy) is 1. The monoisotopic (exact) mass is 337 g/mol. The highest BCUT2D eigenvalue weighted by atomic mass is 79.9. The second-order valence-corrected chi connectivity index (χ2v) is 5.66. The fourth-order valence-electron chi connectivity index (χ4n) is 2.35. The summed E-state index contributed by atoms with van der Waals surface area (Å²) in [6, 6.07) is 5.88. The van der Waals surface area contributed by atoms with E-state index in [1.807, 2.05) is 18.2 Å². The molecule has 0 amide bonds. The number of hydrogen-bond donors (Lipinski definition) is 1.